The molecular formula is C10H14N6S. The molecule has 1 aliphatic rings. The average molecular weight is 250 g/mol. The van der Waals surface area contributed by atoms with E-state index in [1.54, 1.807) is 17.7 Å². The van der Waals surface area contributed by atoms with Crippen LogP contribution in [0.15, 0.2) is 11.7 Å². The fraction of sp³-hybridized carbons (Fsp3) is 0.500. The minimum atomic E-state index is -0.00607. The van der Waals surface area contributed by atoms with E-state index in [2.05, 4.69) is 24.6 Å². The summed E-state index contributed by atoms with van der Waals surface area (Å²) in [6.07, 6.45) is 1.78. The molecule has 0 saturated carbocycles. The molecule has 0 amide bonds. The average Bonchev–Trinajstić information content (AvgIpc) is 2.97. The van der Waals surface area contributed by atoms with Crippen molar-refractivity contribution in [3.8, 4) is 0 Å². The van der Waals surface area contributed by atoms with Gasteiger partial charge in [0.15, 0.2) is 11.0 Å². The first kappa shape index (κ1) is 10.7. The summed E-state index contributed by atoms with van der Waals surface area (Å²) in [5.74, 6) is 0.994. The number of hydrogen-bond donors (Lipinski definition) is 1. The van der Waals surface area contributed by atoms with Gasteiger partial charge in [0.05, 0.1) is 12.2 Å². The summed E-state index contributed by atoms with van der Waals surface area (Å²) in [5, 5.41) is 11.1. The predicted octanol–water partition coefficient (Wildman–Crippen LogP) is 0.775. The molecule has 17 heavy (non-hydrogen) atoms. The lowest BCUT2D eigenvalue weighted by Gasteiger charge is -2.26. The summed E-state index contributed by atoms with van der Waals surface area (Å²) in [6.45, 7) is 4.57. The van der Waals surface area contributed by atoms with Gasteiger partial charge in [-0.2, -0.15) is 0 Å². The van der Waals surface area contributed by atoms with E-state index in [-0.39, 0.29) is 6.04 Å². The maximum absolute atomic E-state index is 5.82. The smallest absolute Gasteiger partial charge is 0.186 e. The SMILES string of the molecule is CC(N)c1csc(N2CCn3cnnc3C2)n1. The van der Waals surface area contributed by atoms with Crippen LogP contribution in [-0.2, 0) is 13.1 Å². The highest BCUT2D eigenvalue weighted by Crippen LogP contribution is 2.25. The minimum Gasteiger partial charge on any atom is -0.339 e. The summed E-state index contributed by atoms with van der Waals surface area (Å²) in [6, 6.07) is -0.00607. The fourth-order valence-electron chi connectivity index (χ4n) is 1.86. The predicted molar refractivity (Wildman–Crippen MR) is 65.8 cm³/mol. The molecule has 6 nitrogen and oxygen atoms in total. The molecule has 0 bridgehead atoms. The standard InChI is InChI=1S/C10H14N6S/c1-7(11)8-5-17-10(13-8)15-2-3-16-6-12-14-9(16)4-15/h5-7H,2-4,11H2,1H3. The molecule has 3 rings (SSSR count). The molecule has 0 fully saturated rings. The van der Waals surface area contributed by atoms with Crippen LogP contribution in [0, 0.1) is 0 Å². The van der Waals surface area contributed by atoms with E-state index in [0.29, 0.717) is 0 Å². The van der Waals surface area contributed by atoms with Crippen LogP contribution in [-0.4, -0.2) is 26.3 Å². The number of fused-ring (bicyclic) bond motifs is 1. The Morgan fingerprint density at radius 2 is 2.35 bits per heavy atom. The number of nitrogens with two attached hydrogens (primary N) is 1. The monoisotopic (exact) mass is 250 g/mol. The van der Waals surface area contributed by atoms with Crippen molar-refractivity contribution in [1.29, 1.82) is 0 Å². The molecule has 90 valence electrons. The van der Waals surface area contributed by atoms with Crippen molar-refractivity contribution in [2.45, 2.75) is 26.1 Å². The molecule has 2 aromatic rings. The maximum atomic E-state index is 5.82. The molecule has 0 saturated heterocycles. The molecule has 1 unspecified atom stereocenters. The van der Waals surface area contributed by atoms with Crippen molar-refractivity contribution in [1.82, 2.24) is 19.7 Å². The van der Waals surface area contributed by atoms with Crippen LogP contribution in [0.4, 0.5) is 5.13 Å². The quantitative estimate of drug-likeness (QED) is 0.852. The second-order valence-corrected chi connectivity index (χ2v) is 5.04. The van der Waals surface area contributed by atoms with Gasteiger partial charge in [0, 0.05) is 24.5 Å². The van der Waals surface area contributed by atoms with E-state index in [9.17, 15) is 0 Å². The molecule has 1 aliphatic heterocycles. The minimum absolute atomic E-state index is 0.00607. The van der Waals surface area contributed by atoms with E-state index in [0.717, 1.165) is 36.3 Å². The molecule has 0 spiro atoms. The normalized spacial score (nSPS) is 16.9. The van der Waals surface area contributed by atoms with Crippen LogP contribution in [0.2, 0.25) is 0 Å². The first-order valence-electron chi connectivity index (χ1n) is 5.56. The number of rotatable bonds is 2. The molecule has 0 aliphatic carbocycles. The van der Waals surface area contributed by atoms with Crippen LogP contribution in [0.3, 0.4) is 0 Å². The van der Waals surface area contributed by atoms with Gasteiger partial charge in [-0.15, -0.1) is 21.5 Å². The molecule has 3 heterocycles. The van der Waals surface area contributed by atoms with Crippen molar-refractivity contribution >= 4 is 16.5 Å². The summed E-state index contributed by atoms with van der Waals surface area (Å²) < 4.78 is 2.08. The van der Waals surface area contributed by atoms with Gasteiger partial charge >= 0.3 is 0 Å². The lowest BCUT2D eigenvalue weighted by Crippen LogP contribution is -2.33. The molecule has 0 radical (unpaired) electrons. The number of hydrogen-bond acceptors (Lipinski definition) is 6. The largest absolute Gasteiger partial charge is 0.339 e. The zero-order valence-corrected chi connectivity index (χ0v) is 10.4. The fourth-order valence-corrected chi connectivity index (χ4v) is 2.82. The van der Waals surface area contributed by atoms with Crippen molar-refractivity contribution in [3.05, 3.63) is 23.2 Å². The van der Waals surface area contributed by atoms with Gasteiger partial charge in [0.1, 0.15) is 6.33 Å². The lowest BCUT2D eigenvalue weighted by molar-refractivity contribution is 0.558. The Bertz CT molecular complexity index is 516. The lowest BCUT2D eigenvalue weighted by atomic mass is 10.3. The highest BCUT2D eigenvalue weighted by molar-refractivity contribution is 7.13. The Hall–Kier alpha value is -1.47. The number of aromatic nitrogens is 4. The molecule has 1 atom stereocenters. The molecule has 2 aromatic heterocycles. The van der Waals surface area contributed by atoms with Crippen molar-refractivity contribution < 1.29 is 0 Å². The van der Waals surface area contributed by atoms with Crippen LogP contribution in [0.5, 0.6) is 0 Å². The third-order valence-corrected chi connectivity index (χ3v) is 3.81. The zero-order chi connectivity index (χ0) is 11.8. The Morgan fingerprint density at radius 1 is 1.47 bits per heavy atom. The van der Waals surface area contributed by atoms with Gasteiger partial charge in [-0.05, 0) is 6.92 Å². The first-order chi connectivity index (χ1) is 8.24. The van der Waals surface area contributed by atoms with E-state index < -0.39 is 0 Å². The van der Waals surface area contributed by atoms with Gasteiger partial charge in [-0.1, -0.05) is 0 Å². The second-order valence-electron chi connectivity index (χ2n) is 4.21. The van der Waals surface area contributed by atoms with E-state index in [1.165, 1.54) is 0 Å². The van der Waals surface area contributed by atoms with E-state index >= 15 is 0 Å². The topological polar surface area (TPSA) is 72.9 Å². The van der Waals surface area contributed by atoms with Crippen LogP contribution in [0.25, 0.3) is 0 Å². The van der Waals surface area contributed by atoms with Crippen LogP contribution in [0.1, 0.15) is 24.5 Å². The van der Waals surface area contributed by atoms with Gasteiger partial charge < -0.3 is 15.2 Å². The number of anilines is 1. The molecule has 0 aromatic carbocycles. The van der Waals surface area contributed by atoms with E-state index in [1.807, 2.05) is 12.3 Å². The first-order valence-corrected chi connectivity index (χ1v) is 6.44. The van der Waals surface area contributed by atoms with Crippen molar-refractivity contribution in [3.63, 3.8) is 0 Å². The molecular weight excluding hydrogens is 236 g/mol. The van der Waals surface area contributed by atoms with Gasteiger partial charge in [0.25, 0.3) is 0 Å². The Balaban J connectivity index is 1.82. The van der Waals surface area contributed by atoms with Gasteiger partial charge in [0.2, 0.25) is 0 Å². The van der Waals surface area contributed by atoms with Crippen molar-refractivity contribution in [2.75, 3.05) is 11.4 Å². The number of nitrogens with zero attached hydrogens (tertiary/aromatic N) is 5. The Kier molecular flexibility index (Phi) is 2.56. The summed E-state index contributed by atoms with van der Waals surface area (Å²) in [5.41, 5.74) is 6.77. The molecule has 2 N–H and O–H groups in total. The zero-order valence-electron chi connectivity index (χ0n) is 9.58. The second kappa shape index (κ2) is 4.08. The van der Waals surface area contributed by atoms with Crippen LogP contribution >= 0.6 is 11.3 Å². The molecule has 7 heteroatoms. The number of thiazole rings is 1. The highest BCUT2D eigenvalue weighted by Gasteiger charge is 2.20. The Labute approximate surface area is 103 Å². The summed E-state index contributed by atoms with van der Waals surface area (Å²) >= 11 is 1.64. The highest BCUT2D eigenvalue weighted by atomic mass is 32.1. The van der Waals surface area contributed by atoms with Crippen LogP contribution < -0.4 is 10.6 Å². The maximum Gasteiger partial charge on any atom is 0.186 e. The third-order valence-electron chi connectivity index (χ3n) is 2.89. The third kappa shape index (κ3) is 1.91. The van der Waals surface area contributed by atoms with Gasteiger partial charge in [-0.3, -0.25) is 0 Å². The summed E-state index contributed by atoms with van der Waals surface area (Å²) in [4.78, 5) is 6.78. The Morgan fingerprint density at radius 3 is 3.12 bits per heavy atom. The van der Waals surface area contributed by atoms with Crippen molar-refractivity contribution in [2.24, 2.45) is 5.73 Å². The van der Waals surface area contributed by atoms with E-state index in [4.69, 9.17) is 5.73 Å². The van der Waals surface area contributed by atoms with Gasteiger partial charge in [-0.25, -0.2) is 4.98 Å². The summed E-state index contributed by atoms with van der Waals surface area (Å²) in [7, 11) is 0.